The van der Waals surface area contributed by atoms with Gasteiger partial charge < -0.3 is 18.8 Å². The number of methoxy groups -OCH3 is 2. The number of hydrogen-bond donors (Lipinski definition) is 2. The number of hydrogen-bond acceptors (Lipinski definition) is 6. The lowest BCUT2D eigenvalue weighted by atomic mass is 10.1. The zero-order valence-corrected chi connectivity index (χ0v) is 15.3. The molecule has 0 atom stereocenters. The minimum Gasteiger partial charge on any atom is -0.493 e. The fraction of sp³-hybridized carbons (Fsp3) is 0.158. The number of ether oxygens (including phenoxy) is 2. The van der Waals surface area contributed by atoms with Crippen LogP contribution in [0.4, 0.5) is 5.69 Å². The Kier molecular flexibility index (Phi) is 4.30. The fourth-order valence-electron chi connectivity index (χ4n) is 3.08. The van der Waals surface area contributed by atoms with Gasteiger partial charge in [0.2, 0.25) is 0 Å². The number of thiol groups is 1. The molecule has 0 aliphatic heterocycles. The Balaban J connectivity index is 1.85. The molecule has 0 spiro atoms. The van der Waals surface area contributed by atoms with E-state index in [9.17, 15) is 0 Å². The van der Waals surface area contributed by atoms with Crippen LogP contribution in [0.2, 0.25) is 0 Å². The highest BCUT2D eigenvalue weighted by molar-refractivity contribution is 7.81. The van der Waals surface area contributed by atoms with Crippen molar-refractivity contribution in [2.24, 2.45) is 0 Å². The number of aromatic nitrogens is 3. The molecule has 1 N–H and O–H groups in total. The summed E-state index contributed by atoms with van der Waals surface area (Å²) in [5, 5.41) is 0.978. The predicted octanol–water partition coefficient (Wildman–Crippen LogP) is 3.91. The number of benzene rings is 2. The van der Waals surface area contributed by atoms with Crippen molar-refractivity contribution in [1.82, 2.24) is 14.5 Å². The molecule has 0 saturated heterocycles. The Morgan fingerprint density at radius 3 is 2.42 bits per heavy atom. The van der Waals surface area contributed by atoms with E-state index >= 15 is 0 Å². The molecule has 2 heterocycles. The van der Waals surface area contributed by atoms with Crippen molar-refractivity contribution in [3.05, 3.63) is 54.5 Å². The van der Waals surface area contributed by atoms with Gasteiger partial charge in [-0.3, -0.25) is 4.98 Å². The van der Waals surface area contributed by atoms with Gasteiger partial charge >= 0.3 is 0 Å². The molecule has 2 aromatic carbocycles. The number of nitrogens with one attached hydrogen (secondary N) is 1. The molecule has 0 unspecified atom stereocenters. The summed E-state index contributed by atoms with van der Waals surface area (Å²) in [6.45, 7) is 0.705. The third-order valence-electron chi connectivity index (χ3n) is 4.38. The van der Waals surface area contributed by atoms with Gasteiger partial charge in [0.05, 0.1) is 37.8 Å². The average molecular weight is 366 g/mol. The molecule has 0 bridgehead atoms. The summed E-state index contributed by atoms with van der Waals surface area (Å²) in [6, 6.07) is 12.0. The molecule has 7 heteroatoms. The number of imidazole rings is 1. The lowest BCUT2D eigenvalue weighted by Crippen LogP contribution is -1.99. The Bertz CT molecular complexity index is 1080. The molecule has 0 radical (unpaired) electrons. The van der Waals surface area contributed by atoms with Gasteiger partial charge in [-0.25, -0.2) is 4.98 Å². The third kappa shape index (κ3) is 2.80. The summed E-state index contributed by atoms with van der Waals surface area (Å²) >= 11 is 4.06. The molecule has 0 aliphatic carbocycles. The summed E-state index contributed by atoms with van der Waals surface area (Å²) in [5.41, 5.74) is 4.83. The van der Waals surface area contributed by atoms with Crippen LogP contribution in [-0.2, 0) is 6.54 Å². The standard InChI is InChI=1S/C19H18N4O2S/c1-24-17-7-14-15(8-18(17)25-2)20-9-16-19(14)23(11-21-16)10-12-3-5-13(22-26)6-4-12/h3-9,11,22,26H,10H2,1-2H3. The van der Waals surface area contributed by atoms with Gasteiger partial charge in [0.15, 0.2) is 11.5 Å². The van der Waals surface area contributed by atoms with Crippen LogP contribution in [0.3, 0.4) is 0 Å². The minimum absolute atomic E-state index is 0.660. The zero-order valence-electron chi connectivity index (χ0n) is 14.4. The summed E-state index contributed by atoms with van der Waals surface area (Å²) in [5.74, 6) is 1.33. The van der Waals surface area contributed by atoms with Gasteiger partial charge in [0, 0.05) is 23.7 Å². The summed E-state index contributed by atoms with van der Waals surface area (Å²) < 4.78 is 15.8. The first-order valence-corrected chi connectivity index (χ1v) is 8.53. The molecular formula is C19H18N4O2S. The number of fused-ring (bicyclic) bond motifs is 3. The Morgan fingerprint density at radius 2 is 1.73 bits per heavy atom. The van der Waals surface area contributed by atoms with E-state index in [0.29, 0.717) is 18.0 Å². The van der Waals surface area contributed by atoms with Crippen LogP contribution in [-0.4, -0.2) is 28.8 Å². The van der Waals surface area contributed by atoms with Crippen molar-refractivity contribution in [2.45, 2.75) is 6.54 Å². The van der Waals surface area contributed by atoms with E-state index in [4.69, 9.17) is 9.47 Å². The van der Waals surface area contributed by atoms with Crippen molar-refractivity contribution in [1.29, 1.82) is 0 Å². The molecule has 0 fully saturated rings. The molecule has 2 aromatic heterocycles. The quantitative estimate of drug-likeness (QED) is 0.525. The average Bonchev–Trinajstić information content (AvgIpc) is 3.10. The highest BCUT2D eigenvalue weighted by Crippen LogP contribution is 2.34. The zero-order chi connectivity index (χ0) is 18.1. The van der Waals surface area contributed by atoms with Crippen molar-refractivity contribution < 1.29 is 9.47 Å². The van der Waals surface area contributed by atoms with Crippen LogP contribution in [0.25, 0.3) is 21.9 Å². The molecule has 4 rings (SSSR count). The van der Waals surface area contributed by atoms with E-state index in [1.807, 2.05) is 30.6 Å². The normalized spacial score (nSPS) is 11.0. The Morgan fingerprint density at radius 1 is 1.00 bits per heavy atom. The van der Waals surface area contributed by atoms with Crippen molar-refractivity contribution in [2.75, 3.05) is 18.9 Å². The molecule has 0 aliphatic rings. The first kappa shape index (κ1) is 16.5. The molecular weight excluding hydrogens is 348 g/mol. The van der Waals surface area contributed by atoms with Gasteiger partial charge in [-0.15, -0.1) is 0 Å². The third-order valence-corrected chi connectivity index (χ3v) is 4.64. The summed E-state index contributed by atoms with van der Waals surface area (Å²) in [6.07, 6.45) is 3.63. The molecule has 26 heavy (non-hydrogen) atoms. The van der Waals surface area contributed by atoms with Crippen molar-refractivity contribution >= 4 is 40.4 Å². The fourth-order valence-corrected chi connectivity index (χ4v) is 3.23. The van der Waals surface area contributed by atoms with Crippen LogP contribution in [0.1, 0.15) is 5.56 Å². The Labute approximate surface area is 156 Å². The van der Waals surface area contributed by atoms with Gasteiger partial charge in [0.1, 0.15) is 5.52 Å². The summed E-state index contributed by atoms with van der Waals surface area (Å²) in [7, 11) is 3.25. The van der Waals surface area contributed by atoms with Crippen LogP contribution in [0.15, 0.2) is 48.9 Å². The second-order valence-corrected chi connectivity index (χ2v) is 6.12. The Hall–Kier alpha value is -2.93. The van der Waals surface area contributed by atoms with Crippen LogP contribution < -0.4 is 14.2 Å². The molecule has 4 aromatic rings. The summed E-state index contributed by atoms with van der Waals surface area (Å²) in [4.78, 5) is 9.01. The maximum Gasteiger partial charge on any atom is 0.162 e. The largest absolute Gasteiger partial charge is 0.493 e. The SMILES string of the molecule is COc1cc2ncc3ncn(Cc4ccc(NS)cc4)c3c2cc1OC. The van der Waals surface area contributed by atoms with Crippen LogP contribution in [0.5, 0.6) is 11.5 Å². The van der Waals surface area contributed by atoms with E-state index in [1.165, 1.54) is 5.56 Å². The number of rotatable bonds is 5. The van der Waals surface area contributed by atoms with Gasteiger partial charge in [-0.05, 0) is 23.8 Å². The van der Waals surface area contributed by atoms with Gasteiger partial charge in [-0.2, -0.15) is 0 Å². The number of pyridine rings is 1. The monoisotopic (exact) mass is 366 g/mol. The maximum atomic E-state index is 5.46. The molecule has 0 amide bonds. The number of nitrogens with zero attached hydrogens (tertiary/aromatic N) is 3. The predicted molar refractivity (Wildman–Crippen MR) is 106 cm³/mol. The van der Waals surface area contributed by atoms with Crippen molar-refractivity contribution in [3.8, 4) is 11.5 Å². The number of anilines is 1. The van der Waals surface area contributed by atoms with Crippen molar-refractivity contribution in [3.63, 3.8) is 0 Å². The van der Waals surface area contributed by atoms with E-state index in [2.05, 4.69) is 44.2 Å². The van der Waals surface area contributed by atoms with E-state index < -0.39 is 0 Å². The second-order valence-electron chi connectivity index (χ2n) is 5.90. The van der Waals surface area contributed by atoms with E-state index in [-0.39, 0.29) is 0 Å². The van der Waals surface area contributed by atoms with Gasteiger partial charge in [0.25, 0.3) is 0 Å². The second kappa shape index (κ2) is 6.76. The lowest BCUT2D eigenvalue weighted by Gasteiger charge is -2.11. The molecule has 6 nitrogen and oxygen atoms in total. The topological polar surface area (TPSA) is 61.2 Å². The first-order valence-electron chi connectivity index (χ1n) is 8.08. The van der Waals surface area contributed by atoms with E-state index in [0.717, 1.165) is 27.6 Å². The van der Waals surface area contributed by atoms with E-state index in [1.54, 1.807) is 20.4 Å². The molecule has 0 saturated carbocycles. The highest BCUT2D eigenvalue weighted by Gasteiger charge is 2.13. The van der Waals surface area contributed by atoms with Gasteiger partial charge in [-0.1, -0.05) is 24.9 Å². The first-order chi connectivity index (χ1) is 12.7. The minimum atomic E-state index is 0.660. The smallest absolute Gasteiger partial charge is 0.162 e. The maximum absolute atomic E-state index is 5.46. The van der Waals surface area contributed by atoms with Crippen LogP contribution >= 0.6 is 12.8 Å². The highest BCUT2D eigenvalue weighted by atomic mass is 32.1. The van der Waals surface area contributed by atoms with Crippen LogP contribution in [0, 0.1) is 0 Å². The lowest BCUT2D eigenvalue weighted by molar-refractivity contribution is 0.356. The molecule has 132 valence electrons.